The van der Waals surface area contributed by atoms with Gasteiger partial charge in [0.05, 0.1) is 5.69 Å². The average molecular weight is 271 g/mol. The SMILES string of the molecule is c1nc(C2CNCCC23CCCNC3)c2cc[nH]c2n1. The van der Waals surface area contributed by atoms with E-state index in [2.05, 4.69) is 31.7 Å². The van der Waals surface area contributed by atoms with Crippen LogP contribution in [0.25, 0.3) is 11.0 Å². The Hall–Kier alpha value is -1.46. The molecule has 2 atom stereocenters. The van der Waals surface area contributed by atoms with Crippen LogP contribution in [0.1, 0.15) is 30.9 Å². The minimum absolute atomic E-state index is 0.363. The van der Waals surface area contributed by atoms with Crippen molar-refractivity contribution in [1.29, 1.82) is 0 Å². The van der Waals surface area contributed by atoms with Crippen LogP contribution in [0.3, 0.4) is 0 Å². The van der Waals surface area contributed by atoms with Crippen LogP contribution >= 0.6 is 0 Å². The second kappa shape index (κ2) is 4.82. The summed E-state index contributed by atoms with van der Waals surface area (Å²) in [7, 11) is 0. The summed E-state index contributed by atoms with van der Waals surface area (Å²) in [5.41, 5.74) is 2.54. The van der Waals surface area contributed by atoms with Gasteiger partial charge in [-0.25, -0.2) is 9.97 Å². The number of nitrogens with zero attached hydrogens (tertiary/aromatic N) is 2. The fraction of sp³-hybridized carbons (Fsp3) is 0.600. The van der Waals surface area contributed by atoms with Gasteiger partial charge in [0.1, 0.15) is 12.0 Å². The summed E-state index contributed by atoms with van der Waals surface area (Å²) in [5, 5.41) is 8.36. The highest BCUT2D eigenvalue weighted by molar-refractivity contribution is 5.78. The molecular weight excluding hydrogens is 250 g/mol. The first kappa shape index (κ1) is 12.3. The molecule has 0 bridgehead atoms. The van der Waals surface area contributed by atoms with Gasteiger partial charge in [-0.2, -0.15) is 0 Å². The van der Waals surface area contributed by atoms with Crippen molar-refractivity contribution in [2.75, 3.05) is 26.2 Å². The molecule has 2 aliphatic rings. The van der Waals surface area contributed by atoms with Crippen LogP contribution in [-0.2, 0) is 0 Å². The van der Waals surface area contributed by atoms with Gasteiger partial charge in [0.25, 0.3) is 0 Å². The smallest absolute Gasteiger partial charge is 0.140 e. The van der Waals surface area contributed by atoms with Gasteiger partial charge in [-0.1, -0.05) is 0 Å². The van der Waals surface area contributed by atoms with E-state index in [1.165, 1.54) is 30.3 Å². The van der Waals surface area contributed by atoms with Crippen molar-refractivity contribution in [2.45, 2.75) is 25.2 Å². The van der Waals surface area contributed by atoms with Crippen molar-refractivity contribution in [1.82, 2.24) is 25.6 Å². The first-order valence-electron chi connectivity index (χ1n) is 7.58. The maximum absolute atomic E-state index is 4.65. The maximum Gasteiger partial charge on any atom is 0.140 e. The summed E-state index contributed by atoms with van der Waals surface area (Å²) in [6, 6.07) is 2.11. The third kappa shape index (κ3) is 1.84. The van der Waals surface area contributed by atoms with E-state index in [-0.39, 0.29) is 0 Å². The van der Waals surface area contributed by atoms with Crippen molar-refractivity contribution in [3.63, 3.8) is 0 Å². The molecule has 1 spiro atoms. The van der Waals surface area contributed by atoms with E-state index in [0.29, 0.717) is 11.3 Å². The number of hydrogen-bond donors (Lipinski definition) is 3. The Morgan fingerprint density at radius 3 is 3.05 bits per heavy atom. The molecule has 5 heteroatoms. The van der Waals surface area contributed by atoms with Crippen LogP contribution < -0.4 is 10.6 Å². The molecule has 2 aromatic rings. The quantitative estimate of drug-likeness (QED) is 0.733. The molecule has 106 valence electrons. The molecular formula is C15H21N5. The van der Waals surface area contributed by atoms with Gasteiger partial charge in [0, 0.05) is 30.6 Å². The third-order valence-electron chi connectivity index (χ3n) is 5.11. The molecule has 2 saturated heterocycles. The number of rotatable bonds is 1. The summed E-state index contributed by atoms with van der Waals surface area (Å²) in [4.78, 5) is 12.2. The van der Waals surface area contributed by atoms with E-state index in [0.717, 1.165) is 31.8 Å². The molecule has 2 fully saturated rings. The molecule has 5 nitrogen and oxygen atoms in total. The van der Waals surface area contributed by atoms with E-state index >= 15 is 0 Å². The molecule has 0 aromatic carbocycles. The highest BCUT2D eigenvalue weighted by Gasteiger charge is 2.43. The van der Waals surface area contributed by atoms with Gasteiger partial charge in [0.2, 0.25) is 0 Å². The molecule has 20 heavy (non-hydrogen) atoms. The molecule has 4 heterocycles. The third-order valence-corrected chi connectivity index (χ3v) is 5.11. The first-order valence-corrected chi connectivity index (χ1v) is 7.58. The summed E-state index contributed by atoms with van der Waals surface area (Å²) >= 11 is 0. The number of nitrogens with one attached hydrogen (secondary N) is 3. The second-order valence-corrected chi connectivity index (χ2v) is 6.15. The number of fused-ring (bicyclic) bond motifs is 1. The van der Waals surface area contributed by atoms with Crippen LogP contribution in [0, 0.1) is 5.41 Å². The van der Waals surface area contributed by atoms with Crippen molar-refractivity contribution in [3.8, 4) is 0 Å². The van der Waals surface area contributed by atoms with Crippen LogP contribution in [0.15, 0.2) is 18.6 Å². The van der Waals surface area contributed by atoms with Gasteiger partial charge < -0.3 is 15.6 Å². The Labute approximate surface area is 118 Å². The van der Waals surface area contributed by atoms with E-state index in [1.807, 2.05) is 6.20 Å². The van der Waals surface area contributed by atoms with E-state index < -0.39 is 0 Å². The predicted octanol–water partition coefficient (Wildman–Crippen LogP) is 1.40. The molecule has 3 N–H and O–H groups in total. The van der Waals surface area contributed by atoms with Crippen LogP contribution in [0.5, 0.6) is 0 Å². The predicted molar refractivity (Wildman–Crippen MR) is 78.7 cm³/mol. The van der Waals surface area contributed by atoms with Gasteiger partial charge in [-0.3, -0.25) is 0 Å². The Morgan fingerprint density at radius 2 is 2.15 bits per heavy atom. The van der Waals surface area contributed by atoms with Crippen LogP contribution in [-0.4, -0.2) is 41.1 Å². The standard InChI is InChI=1S/C15H21N5/c1-3-15(9-17-5-1)4-7-16-8-12(15)13-11-2-6-18-14(11)20-10-19-13/h2,6,10,12,16-17H,1,3-5,7-9H2,(H,18,19,20). The lowest BCUT2D eigenvalue weighted by Gasteiger charge is -2.47. The molecule has 0 aliphatic carbocycles. The van der Waals surface area contributed by atoms with Gasteiger partial charge in [-0.05, 0) is 43.8 Å². The fourth-order valence-electron chi connectivity index (χ4n) is 4.03. The first-order chi connectivity index (χ1) is 9.89. The number of H-pyrrole nitrogens is 1. The molecule has 2 aromatic heterocycles. The maximum atomic E-state index is 4.65. The molecule has 0 saturated carbocycles. The Balaban J connectivity index is 1.79. The Morgan fingerprint density at radius 1 is 1.15 bits per heavy atom. The van der Waals surface area contributed by atoms with Crippen LogP contribution in [0.2, 0.25) is 0 Å². The second-order valence-electron chi connectivity index (χ2n) is 6.15. The molecule has 0 radical (unpaired) electrons. The fourth-order valence-corrected chi connectivity index (χ4v) is 4.03. The topological polar surface area (TPSA) is 65.6 Å². The summed E-state index contributed by atoms with van der Waals surface area (Å²) in [6.07, 6.45) is 7.48. The Bertz CT molecular complexity index is 591. The van der Waals surface area contributed by atoms with Crippen LogP contribution in [0.4, 0.5) is 0 Å². The number of hydrogen-bond acceptors (Lipinski definition) is 4. The van der Waals surface area contributed by atoms with Crippen molar-refractivity contribution < 1.29 is 0 Å². The summed E-state index contributed by atoms with van der Waals surface area (Å²) < 4.78 is 0. The summed E-state index contributed by atoms with van der Waals surface area (Å²) in [6.45, 7) is 4.43. The van der Waals surface area contributed by atoms with Gasteiger partial charge >= 0.3 is 0 Å². The van der Waals surface area contributed by atoms with Gasteiger partial charge in [-0.15, -0.1) is 0 Å². The zero-order chi connectivity index (χ0) is 13.4. The normalized spacial score (nSPS) is 30.9. The lowest BCUT2D eigenvalue weighted by atomic mass is 9.65. The van der Waals surface area contributed by atoms with Crippen molar-refractivity contribution in [3.05, 3.63) is 24.3 Å². The molecule has 4 rings (SSSR count). The zero-order valence-corrected chi connectivity index (χ0v) is 11.7. The monoisotopic (exact) mass is 271 g/mol. The highest BCUT2D eigenvalue weighted by Crippen LogP contribution is 2.45. The average Bonchev–Trinajstić information content (AvgIpc) is 2.97. The number of piperidine rings is 2. The molecule has 2 unspecified atom stereocenters. The molecule has 0 amide bonds. The molecule has 2 aliphatic heterocycles. The summed E-state index contributed by atoms with van der Waals surface area (Å²) in [5.74, 6) is 0.477. The lowest BCUT2D eigenvalue weighted by Crippen LogP contribution is -2.51. The Kier molecular flexibility index (Phi) is 2.97. The lowest BCUT2D eigenvalue weighted by molar-refractivity contribution is 0.117. The largest absolute Gasteiger partial charge is 0.346 e. The van der Waals surface area contributed by atoms with E-state index in [1.54, 1.807) is 6.33 Å². The van der Waals surface area contributed by atoms with Crippen molar-refractivity contribution >= 4 is 11.0 Å². The van der Waals surface area contributed by atoms with Crippen molar-refractivity contribution in [2.24, 2.45) is 5.41 Å². The zero-order valence-electron chi connectivity index (χ0n) is 11.7. The number of aromatic amines is 1. The minimum Gasteiger partial charge on any atom is -0.346 e. The van der Waals surface area contributed by atoms with Gasteiger partial charge in [0.15, 0.2) is 0 Å². The minimum atomic E-state index is 0.363. The van der Waals surface area contributed by atoms with E-state index in [9.17, 15) is 0 Å². The van der Waals surface area contributed by atoms with E-state index in [4.69, 9.17) is 0 Å². The number of aromatic nitrogens is 3. The highest BCUT2D eigenvalue weighted by atomic mass is 15.0.